The molecule has 3 heterocycles. The van der Waals surface area contributed by atoms with Crippen LogP contribution >= 0.6 is 0 Å². The van der Waals surface area contributed by atoms with Crippen LogP contribution in [0.5, 0.6) is 0 Å². The second kappa shape index (κ2) is 7.79. The fraction of sp³-hybridized carbons (Fsp3) is 0.217. The number of nitrogens with zero attached hydrogens (tertiary/aromatic N) is 6. The summed E-state index contributed by atoms with van der Waals surface area (Å²) in [6.45, 7) is 1.57. The molecule has 0 spiro atoms. The number of benzene rings is 2. The summed E-state index contributed by atoms with van der Waals surface area (Å²) in [7, 11) is 1.91. The maximum atomic E-state index is 13.6. The molecule has 1 aliphatic rings. The Morgan fingerprint density at radius 3 is 2.77 bits per heavy atom. The van der Waals surface area contributed by atoms with E-state index in [4.69, 9.17) is 5.10 Å². The second-order valence-corrected chi connectivity index (χ2v) is 7.65. The lowest BCUT2D eigenvalue weighted by atomic mass is 10.0. The van der Waals surface area contributed by atoms with Gasteiger partial charge in [0.05, 0.1) is 13.1 Å². The highest BCUT2D eigenvalue weighted by Gasteiger charge is 2.29. The molecule has 7 nitrogen and oxygen atoms in total. The molecule has 1 amide bonds. The van der Waals surface area contributed by atoms with Gasteiger partial charge < -0.3 is 9.47 Å². The summed E-state index contributed by atoms with van der Waals surface area (Å²) in [6.07, 6.45) is 2.37. The smallest absolute Gasteiger partial charge is 0.254 e. The van der Waals surface area contributed by atoms with Gasteiger partial charge in [0.1, 0.15) is 17.8 Å². The third-order valence-corrected chi connectivity index (χ3v) is 5.62. The van der Waals surface area contributed by atoms with E-state index in [2.05, 4.69) is 22.3 Å². The van der Waals surface area contributed by atoms with Crippen molar-refractivity contribution >= 4 is 5.91 Å². The molecule has 0 aliphatic carbocycles. The number of amides is 1. The molecule has 0 bridgehead atoms. The minimum Gasteiger partial charge on any atom is -0.334 e. The van der Waals surface area contributed by atoms with Gasteiger partial charge in [-0.25, -0.2) is 4.39 Å². The van der Waals surface area contributed by atoms with Crippen molar-refractivity contribution in [3.05, 3.63) is 89.1 Å². The van der Waals surface area contributed by atoms with Gasteiger partial charge in [0.2, 0.25) is 0 Å². The van der Waals surface area contributed by atoms with Gasteiger partial charge in [-0.2, -0.15) is 5.10 Å². The predicted molar refractivity (Wildman–Crippen MR) is 113 cm³/mol. The number of carbonyl (C=O) groups excluding carboxylic acids is 1. The molecule has 0 atom stereocenters. The molecule has 4 aromatic rings. The standard InChI is InChI=1S/C23H21FN6O/c1-28-20-10-11-29(23(31)17-8-5-9-18(24)12-17)14-19(20)21(27-28)22-26-25-15-30(22)13-16-6-3-2-4-7-16/h2-9,12,15H,10-11,13-14H2,1H3. The van der Waals surface area contributed by atoms with Crippen molar-refractivity contribution in [2.45, 2.75) is 19.5 Å². The van der Waals surface area contributed by atoms with E-state index in [1.807, 2.05) is 34.5 Å². The zero-order valence-corrected chi connectivity index (χ0v) is 17.1. The van der Waals surface area contributed by atoms with Crippen LogP contribution in [0.2, 0.25) is 0 Å². The molecular weight excluding hydrogens is 395 g/mol. The van der Waals surface area contributed by atoms with Gasteiger partial charge in [-0.05, 0) is 23.8 Å². The van der Waals surface area contributed by atoms with Crippen LogP contribution in [0, 0.1) is 5.82 Å². The molecular formula is C23H21FN6O. The highest BCUT2D eigenvalue weighted by molar-refractivity contribution is 5.94. The van der Waals surface area contributed by atoms with Crippen molar-refractivity contribution in [1.82, 2.24) is 29.4 Å². The largest absolute Gasteiger partial charge is 0.334 e. The number of rotatable bonds is 4. The highest BCUT2D eigenvalue weighted by Crippen LogP contribution is 2.29. The van der Waals surface area contributed by atoms with E-state index >= 15 is 0 Å². The van der Waals surface area contributed by atoms with Crippen molar-refractivity contribution in [3.8, 4) is 11.5 Å². The Balaban J connectivity index is 1.47. The van der Waals surface area contributed by atoms with Crippen molar-refractivity contribution in [1.29, 1.82) is 0 Å². The van der Waals surface area contributed by atoms with Crippen LogP contribution in [0.1, 0.15) is 27.2 Å². The molecule has 156 valence electrons. The first-order valence-corrected chi connectivity index (χ1v) is 10.1. The van der Waals surface area contributed by atoms with E-state index in [9.17, 15) is 9.18 Å². The number of aromatic nitrogens is 5. The van der Waals surface area contributed by atoms with Crippen LogP contribution in [-0.4, -0.2) is 41.9 Å². The molecule has 2 aromatic heterocycles. The lowest BCUT2D eigenvalue weighted by Crippen LogP contribution is -2.36. The summed E-state index contributed by atoms with van der Waals surface area (Å²) >= 11 is 0. The Bertz CT molecular complexity index is 1250. The molecule has 0 unspecified atom stereocenters. The summed E-state index contributed by atoms with van der Waals surface area (Å²) < 4.78 is 17.4. The summed E-state index contributed by atoms with van der Waals surface area (Å²) in [5.41, 5.74) is 4.24. The summed E-state index contributed by atoms with van der Waals surface area (Å²) in [5.74, 6) is 0.0612. The lowest BCUT2D eigenvalue weighted by molar-refractivity contribution is 0.0733. The maximum absolute atomic E-state index is 13.6. The molecule has 1 aliphatic heterocycles. The highest BCUT2D eigenvalue weighted by atomic mass is 19.1. The van der Waals surface area contributed by atoms with Gasteiger partial charge in [0, 0.05) is 36.8 Å². The second-order valence-electron chi connectivity index (χ2n) is 7.65. The minimum atomic E-state index is -0.417. The molecule has 0 saturated heterocycles. The van der Waals surface area contributed by atoms with Gasteiger partial charge >= 0.3 is 0 Å². The number of fused-ring (bicyclic) bond motifs is 1. The van der Waals surface area contributed by atoms with Gasteiger partial charge in [0.25, 0.3) is 5.91 Å². The third-order valence-electron chi connectivity index (χ3n) is 5.62. The maximum Gasteiger partial charge on any atom is 0.254 e. The average Bonchev–Trinajstić information content (AvgIpc) is 3.37. The third kappa shape index (κ3) is 3.61. The summed E-state index contributed by atoms with van der Waals surface area (Å²) in [6, 6.07) is 15.9. The predicted octanol–water partition coefficient (Wildman–Crippen LogP) is 3.06. The number of hydrogen-bond acceptors (Lipinski definition) is 4. The first-order chi connectivity index (χ1) is 15.1. The first kappa shape index (κ1) is 19.2. The summed E-state index contributed by atoms with van der Waals surface area (Å²) in [4.78, 5) is 14.7. The Hall–Kier alpha value is -3.81. The van der Waals surface area contributed by atoms with Crippen LogP contribution in [0.15, 0.2) is 60.9 Å². The average molecular weight is 416 g/mol. The monoisotopic (exact) mass is 416 g/mol. The molecule has 0 N–H and O–H groups in total. The van der Waals surface area contributed by atoms with Crippen LogP contribution in [0.3, 0.4) is 0 Å². The van der Waals surface area contributed by atoms with E-state index < -0.39 is 5.82 Å². The molecule has 31 heavy (non-hydrogen) atoms. The van der Waals surface area contributed by atoms with Crippen LogP contribution < -0.4 is 0 Å². The zero-order valence-electron chi connectivity index (χ0n) is 17.1. The lowest BCUT2D eigenvalue weighted by Gasteiger charge is -2.27. The Morgan fingerprint density at radius 2 is 1.97 bits per heavy atom. The normalized spacial score (nSPS) is 13.3. The fourth-order valence-electron chi connectivity index (χ4n) is 4.08. The quantitative estimate of drug-likeness (QED) is 0.513. The van der Waals surface area contributed by atoms with Gasteiger partial charge in [0.15, 0.2) is 5.82 Å². The number of halogens is 1. The number of aryl methyl sites for hydroxylation is 1. The van der Waals surface area contributed by atoms with E-state index in [1.165, 1.54) is 12.1 Å². The number of carbonyl (C=O) groups is 1. The zero-order chi connectivity index (χ0) is 21.4. The minimum absolute atomic E-state index is 0.189. The Kier molecular flexibility index (Phi) is 4.82. The van der Waals surface area contributed by atoms with Crippen LogP contribution in [0.4, 0.5) is 4.39 Å². The van der Waals surface area contributed by atoms with Crippen LogP contribution in [-0.2, 0) is 26.6 Å². The van der Waals surface area contributed by atoms with E-state index in [0.717, 1.165) is 22.5 Å². The molecule has 5 rings (SSSR count). The Labute approximate surface area is 178 Å². The van der Waals surface area contributed by atoms with Gasteiger partial charge in [-0.15, -0.1) is 10.2 Å². The topological polar surface area (TPSA) is 68.8 Å². The van der Waals surface area contributed by atoms with Crippen molar-refractivity contribution in [2.24, 2.45) is 7.05 Å². The van der Waals surface area contributed by atoms with E-state index in [1.54, 1.807) is 23.4 Å². The molecule has 2 aromatic carbocycles. The van der Waals surface area contributed by atoms with E-state index in [0.29, 0.717) is 37.4 Å². The van der Waals surface area contributed by atoms with Crippen molar-refractivity contribution in [3.63, 3.8) is 0 Å². The molecule has 0 radical (unpaired) electrons. The van der Waals surface area contributed by atoms with Crippen LogP contribution in [0.25, 0.3) is 11.5 Å². The number of hydrogen-bond donors (Lipinski definition) is 0. The first-order valence-electron chi connectivity index (χ1n) is 10.1. The SMILES string of the molecule is Cn1nc(-c2nncn2Cc2ccccc2)c2c1CCN(C(=O)c1cccc(F)c1)C2. The molecule has 8 heteroatoms. The summed E-state index contributed by atoms with van der Waals surface area (Å²) in [5, 5.41) is 13.1. The van der Waals surface area contributed by atoms with Crippen molar-refractivity contribution < 1.29 is 9.18 Å². The fourth-order valence-corrected chi connectivity index (χ4v) is 4.08. The van der Waals surface area contributed by atoms with Gasteiger partial charge in [-0.1, -0.05) is 36.4 Å². The molecule has 0 saturated carbocycles. The van der Waals surface area contributed by atoms with Gasteiger partial charge in [-0.3, -0.25) is 9.48 Å². The van der Waals surface area contributed by atoms with Crippen molar-refractivity contribution in [2.75, 3.05) is 6.54 Å². The molecule has 0 fully saturated rings. The Morgan fingerprint density at radius 1 is 1.13 bits per heavy atom. The van der Waals surface area contributed by atoms with E-state index in [-0.39, 0.29) is 5.91 Å².